The fourth-order valence-corrected chi connectivity index (χ4v) is 3.06. The highest BCUT2D eigenvalue weighted by Gasteiger charge is 2.03. The second kappa shape index (κ2) is 7.17. The molecule has 0 aliphatic heterocycles. The van der Waals surface area contributed by atoms with Gasteiger partial charge in [-0.1, -0.05) is 11.8 Å². The number of aliphatic hydroxyl groups excluding tert-OH is 1. The SMILES string of the molecule is OCCC#Cc1ccsc1CSc1ccncn1. The van der Waals surface area contributed by atoms with Crippen LogP contribution in [0.1, 0.15) is 16.9 Å². The first-order valence-corrected chi connectivity index (χ1v) is 7.31. The molecule has 0 aliphatic rings. The van der Waals surface area contributed by atoms with Crippen LogP contribution in [0.3, 0.4) is 0 Å². The molecule has 3 nitrogen and oxygen atoms in total. The summed E-state index contributed by atoms with van der Waals surface area (Å²) in [5, 5.41) is 11.7. The number of thioether (sulfide) groups is 1. The summed E-state index contributed by atoms with van der Waals surface area (Å²) in [4.78, 5) is 9.30. The number of hydrogen-bond donors (Lipinski definition) is 1. The van der Waals surface area contributed by atoms with Crippen molar-refractivity contribution in [3.8, 4) is 11.8 Å². The van der Waals surface area contributed by atoms with E-state index in [1.807, 2.05) is 17.5 Å². The summed E-state index contributed by atoms with van der Waals surface area (Å²) in [6, 6.07) is 3.92. The molecule has 0 bridgehead atoms. The largest absolute Gasteiger partial charge is 0.395 e. The van der Waals surface area contributed by atoms with Crippen LogP contribution in [-0.4, -0.2) is 21.7 Å². The highest BCUT2D eigenvalue weighted by atomic mass is 32.2. The van der Waals surface area contributed by atoms with Crippen LogP contribution in [-0.2, 0) is 5.75 Å². The monoisotopic (exact) mass is 276 g/mol. The van der Waals surface area contributed by atoms with Crippen molar-refractivity contribution in [3.63, 3.8) is 0 Å². The zero-order valence-electron chi connectivity index (χ0n) is 9.67. The van der Waals surface area contributed by atoms with Crippen molar-refractivity contribution in [2.45, 2.75) is 17.2 Å². The Balaban J connectivity index is 1.98. The van der Waals surface area contributed by atoms with Gasteiger partial charge in [-0.2, -0.15) is 0 Å². The Morgan fingerprint density at radius 1 is 1.39 bits per heavy atom. The molecule has 0 radical (unpaired) electrons. The Bertz CT molecular complexity index is 543. The van der Waals surface area contributed by atoms with Crippen LogP contribution in [0, 0.1) is 11.8 Å². The molecule has 0 aromatic carbocycles. The normalized spacial score (nSPS) is 9.83. The molecule has 2 aromatic heterocycles. The van der Waals surface area contributed by atoms with Crippen LogP contribution in [0.5, 0.6) is 0 Å². The van der Waals surface area contributed by atoms with Crippen molar-refractivity contribution in [2.24, 2.45) is 0 Å². The number of thiophene rings is 1. The van der Waals surface area contributed by atoms with E-state index >= 15 is 0 Å². The van der Waals surface area contributed by atoms with Crippen LogP contribution in [0.4, 0.5) is 0 Å². The first-order chi connectivity index (χ1) is 8.90. The Morgan fingerprint density at radius 3 is 3.11 bits per heavy atom. The van der Waals surface area contributed by atoms with Crippen molar-refractivity contribution in [1.82, 2.24) is 9.97 Å². The van der Waals surface area contributed by atoms with Gasteiger partial charge in [0, 0.05) is 28.8 Å². The van der Waals surface area contributed by atoms with Gasteiger partial charge in [0.25, 0.3) is 0 Å². The van der Waals surface area contributed by atoms with Gasteiger partial charge in [0.05, 0.1) is 11.6 Å². The van der Waals surface area contributed by atoms with E-state index in [1.54, 1.807) is 35.6 Å². The van der Waals surface area contributed by atoms with Crippen LogP contribution in [0.15, 0.2) is 35.1 Å². The van der Waals surface area contributed by atoms with Gasteiger partial charge in [-0.25, -0.2) is 9.97 Å². The molecule has 1 N–H and O–H groups in total. The number of hydrogen-bond acceptors (Lipinski definition) is 5. The van der Waals surface area contributed by atoms with Crippen molar-refractivity contribution < 1.29 is 5.11 Å². The van der Waals surface area contributed by atoms with E-state index in [4.69, 9.17) is 5.11 Å². The molecule has 0 atom stereocenters. The van der Waals surface area contributed by atoms with Gasteiger partial charge in [-0.3, -0.25) is 0 Å². The van der Waals surface area contributed by atoms with E-state index in [1.165, 1.54) is 4.88 Å². The Kier molecular flexibility index (Phi) is 5.21. The van der Waals surface area contributed by atoms with Crippen molar-refractivity contribution >= 4 is 23.1 Å². The number of rotatable bonds is 4. The quantitative estimate of drug-likeness (QED) is 0.529. The minimum atomic E-state index is 0.113. The number of aliphatic hydroxyl groups is 1. The number of aromatic nitrogens is 2. The molecule has 0 saturated carbocycles. The first kappa shape index (κ1) is 13.1. The van der Waals surface area contributed by atoms with Gasteiger partial charge in [0.1, 0.15) is 6.33 Å². The van der Waals surface area contributed by atoms with E-state index in [0.29, 0.717) is 6.42 Å². The topological polar surface area (TPSA) is 46.0 Å². The molecule has 0 unspecified atom stereocenters. The van der Waals surface area contributed by atoms with E-state index in [2.05, 4.69) is 21.8 Å². The molecule has 2 rings (SSSR count). The summed E-state index contributed by atoms with van der Waals surface area (Å²) in [5.41, 5.74) is 1.05. The summed E-state index contributed by atoms with van der Waals surface area (Å²) in [6.45, 7) is 0.113. The van der Waals surface area contributed by atoms with Gasteiger partial charge >= 0.3 is 0 Å². The molecule has 5 heteroatoms. The van der Waals surface area contributed by atoms with Crippen LogP contribution < -0.4 is 0 Å². The standard InChI is InChI=1S/C13H12N2OS2/c16-7-2-1-3-11-5-8-17-12(11)9-18-13-4-6-14-10-15-13/h4-6,8,10,16H,2,7,9H2. The van der Waals surface area contributed by atoms with Gasteiger partial charge in [-0.05, 0) is 17.5 Å². The molecular weight excluding hydrogens is 264 g/mol. The lowest BCUT2D eigenvalue weighted by Crippen LogP contribution is -1.84. The summed E-state index contributed by atoms with van der Waals surface area (Å²) in [7, 11) is 0. The third-order valence-corrected chi connectivity index (χ3v) is 4.19. The van der Waals surface area contributed by atoms with Gasteiger partial charge in [0.15, 0.2) is 0 Å². The summed E-state index contributed by atoms with van der Waals surface area (Å²) >= 11 is 3.37. The summed E-state index contributed by atoms with van der Waals surface area (Å²) in [5.74, 6) is 6.89. The Morgan fingerprint density at radius 2 is 2.33 bits per heavy atom. The van der Waals surface area contributed by atoms with E-state index in [9.17, 15) is 0 Å². The maximum Gasteiger partial charge on any atom is 0.116 e. The lowest BCUT2D eigenvalue weighted by Gasteiger charge is -1.98. The molecule has 0 aliphatic carbocycles. The zero-order chi connectivity index (χ0) is 12.6. The molecular formula is C13H12N2OS2. The van der Waals surface area contributed by atoms with Crippen LogP contribution >= 0.6 is 23.1 Å². The molecule has 0 saturated heterocycles. The van der Waals surface area contributed by atoms with Gasteiger partial charge < -0.3 is 5.11 Å². The fraction of sp³-hybridized carbons (Fsp3) is 0.231. The number of nitrogens with zero attached hydrogens (tertiary/aromatic N) is 2. The molecule has 2 aromatic rings. The minimum Gasteiger partial charge on any atom is -0.395 e. The second-order valence-electron chi connectivity index (χ2n) is 3.37. The predicted molar refractivity (Wildman–Crippen MR) is 74.5 cm³/mol. The van der Waals surface area contributed by atoms with Crippen molar-refractivity contribution in [2.75, 3.05) is 6.61 Å². The molecule has 92 valence electrons. The maximum absolute atomic E-state index is 8.70. The Labute approximate surface area is 114 Å². The van der Waals surface area contributed by atoms with Crippen LogP contribution in [0.25, 0.3) is 0 Å². The zero-order valence-corrected chi connectivity index (χ0v) is 11.3. The first-order valence-electron chi connectivity index (χ1n) is 5.45. The fourth-order valence-electron chi connectivity index (χ4n) is 1.28. The molecule has 0 amide bonds. The second-order valence-corrected chi connectivity index (χ2v) is 5.37. The van der Waals surface area contributed by atoms with Gasteiger partial charge in [-0.15, -0.1) is 23.1 Å². The minimum absolute atomic E-state index is 0.113. The molecule has 18 heavy (non-hydrogen) atoms. The lowest BCUT2D eigenvalue weighted by atomic mass is 10.2. The average Bonchev–Trinajstić information content (AvgIpc) is 2.86. The van der Waals surface area contributed by atoms with Crippen LogP contribution in [0.2, 0.25) is 0 Å². The third kappa shape index (κ3) is 3.84. The predicted octanol–water partition coefficient (Wildman–Crippen LogP) is 2.56. The van der Waals surface area contributed by atoms with E-state index in [0.717, 1.165) is 16.3 Å². The summed E-state index contributed by atoms with van der Waals surface area (Å²) in [6.07, 6.45) is 3.82. The Hall–Kier alpha value is -1.35. The molecule has 0 spiro atoms. The molecule has 2 heterocycles. The average molecular weight is 276 g/mol. The van der Waals surface area contributed by atoms with Crippen molar-refractivity contribution in [1.29, 1.82) is 0 Å². The third-order valence-electron chi connectivity index (χ3n) is 2.11. The van der Waals surface area contributed by atoms with E-state index < -0.39 is 0 Å². The highest BCUT2D eigenvalue weighted by molar-refractivity contribution is 7.98. The molecule has 0 fully saturated rings. The summed E-state index contributed by atoms with van der Waals surface area (Å²) < 4.78 is 0. The lowest BCUT2D eigenvalue weighted by molar-refractivity contribution is 0.305. The van der Waals surface area contributed by atoms with E-state index in [-0.39, 0.29) is 6.61 Å². The van der Waals surface area contributed by atoms with Crippen molar-refractivity contribution in [3.05, 3.63) is 40.5 Å². The smallest absolute Gasteiger partial charge is 0.116 e. The maximum atomic E-state index is 8.70. The highest BCUT2D eigenvalue weighted by Crippen LogP contribution is 2.25. The van der Waals surface area contributed by atoms with Gasteiger partial charge in [0.2, 0.25) is 0 Å².